The van der Waals surface area contributed by atoms with Crippen LogP contribution in [0.25, 0.3) is 0 Å². The van der Waals surface area contributed by atoms with E-state index in [0.29, 0.717) is 5.75 Å². The van der Waals surface area contributed by atoms with Crippen LogP contribution in [0.2, 0.25) is 0 Å². The van der Waals surface area contributed by atoms with Gasteiger partial charge < -0.3 is 9.47 Å². The number of hydrogen-bond acceptors (Lipinski definition) is 4. The van der Waals surface area contributed by atoms with Crippen molar-refractivity contribution in [3.05, 3.63) is 29.3 Å². The molecule has 0 atom stereocenters. The van der Waals surface area contributed by atoms with E-state index < -0.39 is 12.0 Å². The van der Waals surface area contributed by atoms with Crippen molar-refractivity contribution < 1.29 is 19.1 Å². The molecule has 0 aromatic heterocycles. The highest BCUT2D eigenvalue weighted by Crippen LogP contribution is 2.21. The molecule has 2 amide bonds. The van der Waals surface area contributed by atoms with Crippen LogP contribution in [-0.4, -0.2) is 25.2 Å². The molecule has 0 aliphatic carbocycles. The first-order valence-electron chi connectivity index (χ1n) is 5.95. The molecule has 0 aliphatic rings. The number of hydrogen-bond donors (Lipinski definition) is 2. The van der Waals surface area contributed by atoms with Crippen LogP contribution in [0.5, 0.6) is 5.75 Å². The van der Waals surface area contributed by atoms with Gasteiger partial charge in [0.05, 0.1) is 6.61 Å². The summed E-state index contributed by atoms with van der Waals surface area (Å²) in [7, 11) is 0. The van der Waals surface area contributed by atoms with Gasteiger partial charge in [-0.3, -0.25) is 10.2 Å². The van der Waals surface area contributed by atoms with Gasteiger partial charge in [-0.25, -0.2) is 10.2 Å². The lowest BCUT2D eigenvalue weighted by atomic mass is 10.1. The highest BCUT2D eigenvalue weighted by molar-refractivity contribution is 5.80. The summed E-state index contributed by atoms with van der Waals surface area (Å²) in [6.07, 6.45) is -0.706. The smallest absolute Gasteiger partial charge is 0.426 e. The fourth-order valence-electron chi connectivity index (χ4n) is 1.49. The number of ether oxygens (including phenoxy) is 2. The Hall–Kier alpha value is -2.24. The average Bonchev–Trinajstić information content (AvgIpc) is 2.36. The van der Waals surface area contributed by atoms with Gasteiger partial charge in [-0.2, -0.15) is 0 Å². The molecule has 104 valence electrons. The minimum atomic E-state index is -0.706. The van der Waals surface area contributed by atoms with E-state index in [0.717, 1.165) is 11.1 Å². The normalized spacial score (nSPS) is 9.63. The van der Waals surface area contributed by atoms with Crippen molar-refractivity contribution in [2.75, 3.05) is 13.2 Å². The summed E-state index contributed by atoms with van der Waals surface area (Å²) in [6.45, 7) is 5.53. The number of carbonyl (C=O) groups excluding carboxylic acids is 2. The second kappa shape index (κ2) is 7.25. The first-order chi connectivity index (χ1) is 9.04. The van der Waals surface area contributed by atoms with Crippen molar-refractivity contribution in [1.82, 2.24) is 10.9 Å². The van der Waals surface area contributed by atoms with Crippen LogP contribution >= 0.6 is 0 Å². The molecule has 2 N–H and O–H groups in total. The number of benzene rings is 1. The highest BCUT2D eigenvalue weighted by Gasteiger charge is 2.08. The van der Waals surface area contributed by atoms with E-state index in [4.69, 9.17) is 4.74 Å². The first kappa shape index (κ1) is 14.8. The third-order valence-corrected chi connectivity index (χ3v) is 2.34. The molecule has 0 radical (unpaired) electrons. The van der Waals surface area contributed by atoms with Crippen molar-refractivity contribution >= 4 is 12.0 Å². The number of aryl methyl sites for hydroxylation is 2. The zero-order chi connectivity index (χ0) is 14.3. The van der Waals surface area contributed by atoms with Gasteiger partial charge in [0.25, 0.3) is 5.91 Å². The first-order valence-corrected chi connectivity index (χ1v) is 5.95. The molecule has 1 aromatic carbocycles. The molecule has 0 aliphatic heterocycles. The summed E-state index contributed by atoms with van der Waals surface area (Å²) in [4.78, 5) is 22.4. The summed E-state index contributed by atoms with van der Waals surface area (Å²) in [6, 6.07) is 5.72. The zero-order valence-electron chi connectivity index (χ0n) is 11.3. The maximum absolute atomic E-state index is 11.4. The number of nitrogens with one attached hydrogen (secondary N) is 2. The molecule has 0 fully saturated rings. The lowest BCUT2D eigenvalue weighted by molar-refractivity contribution is -0.124. The number of amides is 2. The van der Waals surface area contributed by atoms with E-state index in [1.54, 1.807) is 6.92 Å². The van der Waals surface area contributed by atoms with Crippen molar-refractivity contribution in [2.24, 2.45) is 0 Å². The van der Waals surface area contributed by atoms with Crippen molar-refractivity contribution in [2.45, 2.75) is 20.8 Å². The van der Waals surface area contributed by atoms with E-state index in [1.165, 1.54) is 0 Å². The molecule has 6 nitrogen and oxygen atoms in total. The fourth-order valence-corrected chi connectivity index (χ4v) is 1.49. The Morgan fingerprint density at radius 3 is 2.37 bits per heavy atom. The molecule has 1 aromatic rings. The van der Waals surface area contributed by atoms with Crippen LogP contribution in [0.1, 0.15) is 18.1 Å². The Morgan fingerprint density at radius 1 is 1.16 bits per heavy atom. The van der Waals surface area contributed by atoms with Crippen molar-refractivity contribution in [3.8, 4) is 5.75 Å². The SMILES string of the molecule is CCOC(=O)NNC(=O)COc1c(C)cccc1C. The van der Waals surface area contributed by atoms with Crippen LogP contribution in [-0.2, 0) is 9.53 Å². The maximum atomic E-state index is 11.4. The fraction of sp³-hybridized carbons (Fsp3) is 0.385. The van der Waals surface area contributed by atoms with Crippen LogP contribution < -0.4 is 15.6 Å². The topological polar surface area (TPSA) is 76.7 Å². The average molecular weight is 266 g/mol. The van der Waals surface area contributed by atoms with E-state index >= 15 is 0 Å². The highest BCUT2D eigenvalue weighted by atomic mass is 16.6. The summed E-state index contributed by atoms with van der Waals surface area (Å²) >= 11 is 0. The second-order valence-electron chi connectivity index (χ2n) is 3.90. The van der Waals surface area contributed by atoms with Crippen molar-refractivity contribution in [1.29, 1.82) is 0 Å². The molecule has 1 rings (SSSR count). The van der Waals surface area contributed by atoms with Gasteiger partial charge in [-0.1, -0.05) is 18.2 Å². The number of hydrazine groups is 1. The standard InChI is InChI=1S/C13H18N2O4/c1-4-18-13(17)15-14-11(16)8-19-12-9(2)6-5-7-10(12)3/h5-7H,4,8H2,1-3H3,(H,14,16)(H,15,17). The van der Waals surface area contributed by atoms with E-state index in [9.17, 15) is 9.59 Å². The van der Waals surface area contributed by atoms with Crippen LogP contribution in [0.3, 0.4) is 0 Å². The Balaban J connectivity index is 2.40. The second-order valence-corrected chi connectivity index (χ2v) is 3.90. The van der Waals surface area contributed by atoms with Gasteiger partial charge in [-0.05, 0) is 31.9 Å². The Morgan fingerprint density at radius 2 is 1.79 bits per heavy atom. The van der Waals surface area contributed by atoms with Gasteiger partial charge in [0.2, 0.25) is 0 Å². The van der Waals surface area contributed by atoms with Gasteiger partial charge in [0.1, 0.15) is 5.75 Å². The molecule has 0 bridgehead atoms. The zero-order valence-corrected chi connectivity index (χ0v) is 11.3. The third-order valence-electron chi connectivity index (χ3n) is 2.34. The minimum Gasteiger partial charge on any atom is -0.483 e. The van der Waals surface area contributed by atoms with Crippen LogP contribution in [0.4, 0.5) is 4.79 Å². The monoisotopic (exact) mass is 266 g/mol. The van der Waals surface area contributed by atoms with Gasteiger partial charge >= 0.3 is 6.09 Å². The minimum absolute atomic E-state index is 0.182. The molecular weight excluding hydrogens is 248 g/mol. The number of carbonyl (C=O) groups is 2. The predicted octanol–water partition coefficient (Wildman–Crippen LogP) is 1.46. The van der Waals surface area contributed by atoms with Crippen LogP contribution in [0.15, 0.2) is 18.2 Å². The van der Waals surface area contributed by atoms with Crippen molar-refractivity contribution in [3.63, 3.8) is 0 Å². The third kappa shape index (κ3) is 4.87. The number of para-hydroxylation sites is 1. The molecule has 0 spiro atoms. The quantitative estimate of drug-likeness (QED) is 0.809. The Labute approximate surface area is 112 Å². The summed E-state index contributed by atoms with van der Waals surface area (Å²) in [5.74, 6) is 0.212. The molecule has 0 unspecified atom stereocenters. The largest absolute Gasteiger partial charge is 0.483 e. The summed E-state index contributed by atoms with van der Waals surface area (Å²) in [5, 5.41) is 0. The molecule has 19 heavy (non-hydrogen) atoms. The summed E-state index contributed by atoms with van der Waals surface area (Å²) < 4.78 is 10.0. The van der Waals surface area contributed by atoms with Gasteiger partial charge in [-0.15, -0.1) is 0 Å². The van der Waals surface area contributed by atoms with Gasteiger partial charge in [0, 0.05) is 0 Å². The molecule has 0 heterocycles. The predicted molar refractivity (Wildman–Crippen MR) is 69.7 cm³/mol. The van der Waals surface area contributed by atoms with E-state index in [1.807, 2.05) is 32.0 Å². The lowest BCUT2D eigenvalue weighted by Gasteiger charge is -2.12. The lowest BCUT2D eigenvalue weighted by Crippen LogP contribution is -2.44. The summed E-state index contributed by atoms with van der Waals surface area (Å²) in [5.41, 5.74) is 6.20. The number of rotatable bonds is 4. The molecule has 0 saturated heterocycles. The molecule has 6 heteroatoms. The van der Waals surface area contributed by atoms with Gasteiger partial charge in [0.15, 0.2) is 6.61 Å². The molecule has 0 saturated carbocycles. The Kier molecular flexibility index (Phi) is 5.66. The maximum Gasteiger partial charge on any atom is 0.426 e. The Bertz CT molecular complexity index is 440. The van der Waals surface area contributed by atoms with E-state index in [-0.39, 0.29) is 13.2 Å². The van der Waals surface area contributed by atoms with E-state index in [2.05, 4.69) is 15.6 Å². The van der Waals surface area contributed by atoms with Crippen LogP contribution in [0, 0.1) is 13.8 Å². The molecular formula is C13H18N2O4.